The number of amides is 3. The molecule has 0 spiro atoms. The van der Waals surface area contributed by atoms with Gasteiger partial charge in [-0.2, -0.15) is 0 Å². The molecule has 3 aliphatic heterocycles. The van der Waals surface area contributed by atoms with Gasteiger partial charge >= 0.3 is 0 Å². The summed E-state index contributed by atoms with van der Waals surface area (Å²) in [6.07, 6.45) is -0.728. The van der Waals surface area contributed by atoms with Crippen LogP contribution < -0.4 is 4.74 Å². The molecule has 2 saturated heterocycles. The summed E-state index contributed by atoms with van der Waals surface area (Å²) in [4.78, 5) is 41.1. The molecular formula is C25H13B14N3O5. The second-order valence-corrected chi connectivity index (χ2v) is 12.3. The summed E-state index contributed by atoms with van der Waals surface area (Å²) in [5.41, 5.74) is -1.18. The Hall–Kier alpha value is -2.32. The number of hydrogen-bond acceptors (Lipinski definition) is 6. The molecule has 200 valence electrons. The highest BCUT2D eigenvalue weighted by atomic mass is 16.5. The molecule has 2 aromatic rings. The van der Waals surface area contributed by atoms with Gasteiger partial charge in [0.1, 0.15) is 20.2 Å². The van der Waals surface area contributed by atoms with Gasteiger partial charge in [-0.1, -0.05) is 30.3 Å². The van der Waals surface area contributed by atoms with Crippen LogP contribution >= 0.6 is 0 Å². The van der Waals surface area contributed by atoms with Crippen LogP contribution in [0.4, 0.5) is 0 Å². The number of fused-ring (bicyclic) bond motifs is 1. The first-order valence-corrected chi connectivity index (χ1v) is 13.9. The molecular weight excluding hydrogens is 574 g/mol. The van der Waals surface area contributed by atoms with E-state index in [1.54, 1.807) is 24.3 Å². The first-order chi connectivity index (χ1) is 21.3. The SMILES string of the molecule is [B]N1C(=O)C([B])([B])C[C@@]([B])(N2C(=O)c3cccc(OCc4ccc(CN5C([B])([B])C([B])([B])OC([B])([B])C5([B])[B])cc4)c3C2([B])[B])C1=O. The average Bonchev–Trinajstić information content (AvgIpc) is 3.17. The lowest BCUT2D eigenvalue weighted by Crippen LogP contribution is -2.85. The van der Waals surface area contributed by atoms with Crippen molar-refractivity contribution < 1.29 is 23.9 Å². The molecule has 5 rings (SSSR count). The van der Waals surface area contributed by atoms with Gasteiger partial charge in [-0.05, 0) is 61.7 Å². The fraction of sp³-hybridized carbons (Fsp3) is 0.400. The highest BCUT2D eigenvalue weighted by molar-refractivity contribution is 6.59. The van der Waals surface area contributed by atoms with Gasteiger partial charge in [0.05, 0.1) is 99.6 Å². The number of rotatable bonds is 6. The number of carbonyl (C=O) groups excluding carboxylic acids is 3. The largest absolute Gasteiger partial charge is 0.489 e. The van der Waals surface area contributed by atoms with Crippen molar-refractivity contribution in [2.75, 3.05) is 0 Å². The number of nitrogens with zero attached hydrogens (tertiary/aromatic N) is 3. The Balaban J connectivity index is 1.37. The lowest BCUT2D eigenvalue weighted by atomic mass is 9.30. The maximum atomic E-state index is 13.6. The summed E-state index contributed by atoms with van der Waals surface area (Å²) in [5, 5.41) is -13.2. The van der Waals surface area contributed by atoms with Crippen molar-refractivity contribution in [3.8, 4) is 5.75 Å². The van der Waals surface area contributed by atoms with Gasteiger partial charge in [0.15, 0.2) is 0 Å². The van der Waals surface area contributed by atoms with E-state index < -0.39 is 61.6 Å². The predicted molar refractivity (Wildman–Crippen MR) is 185 cm³/mol. The molecule has 2 aromatic carbocycles. The van der Waals surface area contributed by atoms with E-state index >= 15 is 0 Å². The molecule has 8 nitrogen and oxygen atoms in total. The van der Waals surface area contributed by atoms with E-state index in [1.165, 1.54) is 18.2 Å². The molecule has 3 heterocycles. The highest BCUT2D eigenvalue weighted by Crippen LogP contribution is 2.49. The van der Waals surface area contributed by atoms with Crippen LogP contribution in [0.3, 0.4) is 0 Å². The van der Waals surface area contributed by atoms with Crippen molar-refractivity contribution in [2.24, 2.45) is 0 Å². The number of imide groups is 1. The Bertz CT molecular complexity index is 1630. The summed E-state index contributed by atoms with van der Waals surface area (Å²) < 4.78 is 11.3. The number of ether oxygens (including phenoxy) is 2. The summed E-state index contributed by atoms with van der Waals surface area (Å²) in [6.45, 7) is -0.161. The molecule has 1 atom stereocenters. The third-order valence-electron chi connectivity index (χ3n) is 8.64. The maximum absolute atomic E-state index is 13.6. The predicted octanol–water partition coefficient (Wildman–Crippen LogP) is -4.88. The lowest BCUT2D eigenvalue weighted by Gasteiger charge is -2.70. The lowest BCUT2D eigenvalue weighted by molar-refractivity contribution is -0.149. The average molecular weight is 587 g/mol. The van der Waals surface area contributed by atoms with Crippen molar-refractivity contribution in [1.82, 2.24) is 14.6 Å². The van der Waals surface area contributed by atoms with Gasteiger partial charge in [0.25, 0.3) is 5.91 Å². The van der Waals surface area contributed by atoms with Crippen LogP contribution in [0.2, 0.25) is 5.21 Å². The zero-order valence-corrected chi connectivity index (χ0v) is 25.1. The van der Waals surface area contributed by atoms with Crippen LogP contribution in [0, 0.1) is 0 Å². The van der Waals surface area contributed by atoms with E-state index in [0.29, 0.717) is 16.0 Å². The normalized spacial score (nSPS) is 26.9. The third-order valence-corrected chi connectivity index (χ3v) is 8.64. The Labute approximate surface area is 292 Å². The van der Waals surface area contributed by atoms with Crippen LogP contribution in [0.25, 0.3) is 0 Å². The standard InChI is InChI=1S/C25H13B14N3O5/c26-19(27)10-20(28,18(45)41(39)17(19)44)42-16(43)13-2-1-3-14(15(13)21(42,29)30)46-9-12-6-4-11(5-7-12)8-40-22(31,32)24(35,36)47-25(37,38)23(40,33)34/h1-7H,8-10H2/t20-/m1/s1. The minimum atomic E-state index is -2.39. The molecule has 0 aliphatic carbocycles. The molecule has 28 radical (unpaired) electrons. The quantitative estimate of drug-likeness (QED) is 0.250. The van der Waals surface area contributed by atoms with E-state index in [0.717, 1.165) is 4.90 Å². The fourth-order valence-electron chi connectivity index (χ4n) is 5.97. The van der Waals surface area contributed by atoms with Crippen molar-refractivity contribution in [3.05, 3.63) is 64.7 Å². The number of carbonyl (C=O) groups is 3. The third kappa shape index (κ3) is 5.39. The molecule has 0 N–H and O–H groups in total. The van der Waals surface area contributed by atoms with Crippen LogP contribution in [0.1, 0.15) is 33.5 Å². The summed E-state index contributed by atoms with van der Waals surface area (Å²) in [5.74, 6) is -3.05. The number of hydrogen-bond donors (Lipinski definition) is 0. The Morgan fingerprint density at radius 1 is 0.723 bits per heavy atom. The topological polar surface area (TPSA) is 79.4 Å². The molecule has 3 aliphatic rings. The Kier molecular flexibility index (Phi) is 8.49. The summed E-state index contributed by atoms with van der Waals surface area (Å²) in [7, 11) is 85.3. The molecule has 0 bridgehead atoms. The molecule has 2 fully saturated rings. The van der Waals surface area contributed by atoms with E-state index in [-0.39, 0.29) is 34.8 Å². The maximum Gasteiger partial charge on any atom is 0.253 e. The van der Waals surface area contributed by atoms with Crippen molar-refractivity contribution in [1.29, 1.82) is 0 Å². The van der Waals surface area contributed by atoms with Gasteiger partial charge in [0, 0.05) is 17.7 Å². The van der Waals surface area contributed by atoms with Gasteiger partial charge in [0.2, 0.25) is 19.8 Å². The van der Waals surface area contributed by atoms with Gasteiger partial charge in [-0.3, -0.25) is 14.4 Å². The number of benzene rings is 2. The molecule has 0 aromatic heterocycles. The smallest absolute Gasteiger partial charge is 0.253 e. The summed E-state index contributed by atoms with van der Waals surface area (Å²) >= 11 is 0. The van der Waals surface area contributed by atoms with Crippen LogP contribution in [-0.2, 0) is 32.8 Å². The molecule has 47 heavy (non-hydrogen) atoms. The van der Waals surface area contributed by atoms with Crippen LogP contribution in [0.5, 0.6) is 5.75 Å². The van der Waals surface area contributed by atoms with E-state index in [1.807, 2.05) is 0 Å². The number of morpholine rings is 1. The fourth-order valence-corrected chi connectivity index (χ4v) is 5.97. The van der Waals surface area contributed by atoms with Gasteiger partial charge in [-0.15, -0.1) is 0 Å². The monoisotopic (exact) mass is 589 g/mol. The highest BCUT2D eigenvalue weighted by Gasteiger charge is 2.60. The van der Waals surface area contributed by atoms with Crippen LogP contribution in [-0.4, -0.2) is 169 Å². The second kappa shape index (κ2) is 11.1. The van der Waals surface area contributed by atoms with E-state index in [9.17, 15) is 14.4 Å². The number of piperidine rings is 1. The van der Waals surface area contributed by atoms with E-state index in [4.69, 9.17) is 119 Å². The van der Waals surface area contributed by atoms with Crippen molar-refractivity contribution >= 4 is 128 Å². The molecule has 3 amide bonds. The Morgan fingerprint density at radius 3 is 1.81 bits per heavy atom. The molecule has 22 heteroatoms. The molecule has 0 unspecified atom stereocenters. The van der Waals surface area contributed by atoms with Gasteiger partial charge in [-0.25, -0.2) is 0 Å². The van der Waals surface area contributed by atoms with E-state index in [2.05, 4.69) is 0 Å². The van der Waals surface area contributed by atoms with Crippen molar-refractivity contribution in [2.45, 2.75) is 57.0 Å². The first kappa shape index (κ1) is 36.0. The zero-order chi connectivity index (χ0) is 35.3. The second-order valence-electron chi connectivity index (χ2n) is 12.3. The van der Waals surface area contributed by atoms with Gasteiger partial charge < -0.3 is 24.1 Å². The zero-order valence-electron chi connectivity index (χ0n) is 25.1. The first-order valence-electron chi connectivity index (χ1n) is 13.9. The minimum Gasteiger partial charge on any atom is -0.489 e. The van der Waals surface area contributed by atoms with Crippen molar-refractivity contribution in [3.63, 3.8) is 0 Å². The summed E-state index contributed by atoms with van der Waals surface area (Å²) in [6, 6.07) is 11.2. The molecule has 0 saturated carbocycles. The Morgan fingerprint density at radius 2 is 1.26 bits per heavy atom. The minimum absolute atomic E-state index is 0.00949. The van der Waals surface area contributed by atoms with Crippen LogP contribution in [0.15, 0.2) is 42.5 Å².